The zero-order valence-electron chi connectivity index (χ0n) is 9.67. The number of aryl methyl sites for hydroxylation is 1. The summed E-state index contributed by atoms with van der Waals surface area (Å²) in [6.45, 7) is 0. The summed E-state index contributed by atoms with van der Waals surface area (Å²) in [6, 6.07) is 1.27. The van der Waals surface area contributed by atoms with Crippen LogP contribution in [0.25, 0.3) is 11.0 Å². The van der Waals surface area contributed by atoms with Crippen molar-refractivity contribution in [3.63, 3.8) is 0 Å². The lowest BCUT2D eigenvalue weighted by atomic mass is 10.2. The van der Waals surface area contributed by atoms with E-state index in [0.717, 1.165) is 4.57 Å². The van der Waals surface area contributed by atoms with Crippen LogP contribution in [0, 0.1) is 0 Å². The number of rotatable bonds is 1. The summed E-state index contributed by atoms with van der Waals surface area (Å²) in [4.78, 5) is 38.6. The number of carbonyl (C=O) groups is 1. The fourth-order valence-electron chi connectivity index (χ4n) is 1.65. The van der Waals surface area contributed by atoms with Crippen molar-refractivity contribution in [2.45, 2.75) is 0 Å². The van der Waals surface area contributed by atoms with Gasteiger partial charge in [-0.1, -0.05) is 0 Å². The Morgan fingerprint density at radius 1 is 1.33 bits per heavy atom. The van der Waals surface area contributed by atoms with E-state index < -0.39 is 17.2 Å². The third kappa shape index (κ3) is 1.59. The van der Waals surface area contributed by atoms with Crippen molar-refractivity contribution >= 4 is 16.9 Å². The lowest BCUT2D eigenvalue weighted by molar-refractivity contribution is 0.0706. The fraction of sp³-hybridized carbons (Fsp3) is 0.200. The third-order valence-electron chi connectivity index (χ3n) is 2.66. The van der Waals surface area contributed by atoms with Crippen LogP contribution >= 0.6 is 0 Å². The van der Waals surface area contributed by atoms with Gasteiger partial charge in [-0.05, 0) is 6.07 Å². The lowest BCUT2D eigenvalue weighted by Gasteiger charge is -2.07. The highest BCUT2D eigenvalue weighted by Gasteiger charge is 2.12. The molecule has 0 saturated heterocycles. The molecule has 18 heavy (non-hydrogen) atoms. The van der Waals surface area contributed by atoms with Crippen molar-refractivity contribution in [3.05, 3.63) is 38.7 Å². The Bertz CT molecular complexity index is 759. The summed E-state index contributed by atoms with van der Waals surface area (Å²) in [5, 5.41) is 8.64. The first-order valence-corrected chi connectivity index (χ1v) is 4.97. The number of hydrogen-bond acceptors (Lipinski definition) is 5. The first-order chi connectivity index (χ1) is 8.47. The molecule has 94 valence electrons. The van der Waals surface area contributed by atoms with E-state index in [4.69, 9.17) is 5.21 Å². The zero-order chi connectivity index (χ0) is 13.4. The molecule has 1 amide bonds. The maximum Gasteiger partial charge on any atom is 0.332 e. The van der Waals surface area contributed by atoms with Gasteiger partial charge in [0, 0.05) is 20.3 Å². The maximum absolute atomic E-state index is 11.9. The fourth-order valence-corrected chi connectivity index (χ4v) is 1.65. The molecule has 0 aliphatic heterocycles. The number of hydroxylamine groups is 1. The van der Waals surface area contributed by atoms with Crippen LogP contribution in [0.3, 0.4) is 0 Å². The number of fused-ring (bicyclic) bond motifs is 1. The molecule has 0 aliphatic rings. The molecule has 0 saturated carbocycles. The Labute approximate surface area is 100 Å². The van der Waals surface area contributed by atoms with Crippen LogP contribution in [0.1, 0.15) is 10.4 Å². The average Bonchev–Trinajstić information content (AvgIpc) is 2.41. The van der Waals surface area contributed by atoms with Crippen LogP contribution in [-0.4, -0.2) is 25.2 Å². The number of pyridine rings is 1. The highest BCUT2D eigenvalue weighted by Crippen LogP contribution is 2.06. The predicted octanol–water partition coefficient (Wildman–Crippen LogP) is -1.25. The van der Waals surface area contributed by atoms with E-state index in [1.165, 1.54) is 36.4 Å². The van der Waals surface area contributed by atoms with Crippen LogP contribution in [-0.2, 0) is 14.1 Å². The second-order valence-electron chi connectivity index (χ2n) is 3.74. The number of hydrogen-bond donors (Lipinski definition) is 2. The number of amides is 1. The Balaban J connectivity index is 2.91. The second kappa shape index (κ2) is 4.08. The molecule has 0 radical (unpaired) electrons. The summed E-state index contributed by atoms with van der Waals surface area (Å²) >= 11 is 0. The molecular weight excluding hydrogens is 240 g/mol. The van der Waals surface area contributed by atoms with E-state index >= 15 is 0 Å². The van der Waals surface area contributed by atoms with Crippen molar-refractivity contribution in [1.29, 1.82) is 0 Å². The van der Waals surface area contributed by atoms with E-state index in [1.807, 2.05) is 0 Å². The lowest BCUT2D eigenvalue weighted by Crippen LogP contribution is -2.37. The van der Waals surface area contributed by atoms with Gasteiger partial charge in [0.05, 0.1) is 10.9 Å². The van der Waals surface area contributed by atoms with E-state index in [-0.39, 0.29) is 16.6 Å². The first kappa shape index (κ1) is 12.0. The Kier molecular flexibility index (Phi) is 2.71. The minimum Gasteiger partial charge on any atom is -0.288 e. The second-order valence-corrected chi connectivity index (χ2v) is 3.74. The Morgan fingerprint density at radius 3 is 2.61 bits per heavy atom. The monoisotopic (exact) mass is 250 g/mol. The number of aromatic nitrogens is 3. The topological polar surface area (TPSA) is 106 Å². The highest BCUT2D eigenvalue weighted by atomic mass is 16.5. The first-order valence-electron chi connectivity index (χ1n) is 4.97. The van der Waals surface area contributed by atoms with Gasteiger partial charge in [0.2, 0.25) is 0 Å². The third-order valence-corrected chi connectivity index (χ3v) is 2.66. The van der Waals surface area contributed by atoms with Gasteiger partial charge >= 0.3 is 5.69 Å². The summed E-state index contributed by atoms with van der Waals surface area (Å²) in [5.41, 5.74) is 0.608. The zero-order valence-corrected chi connectivity index (χ0v) is 9.67. The molecule has 2 N–H and O–H groups in total. The maximum atomic E-state index is 11.9. The van der Waals surface area contributed by atoms with Crippen molar-refractivity contribution in [2.75, 3.05) is 0 Å². The summed E-state index contributed by atoms with van der Waals surface area (Å²) in [6.07, 6.45) is 1.17. The summed E-state index contributed by atoms with van der Waals surface area (Å²) in [7, 11) is 2.81. The van der Waals surface area contributed by atoms with E-state index in [9.17, 15) is 14.4 Å². The molecular formula is C10H10N4O4. The molecule has 0 atom stereocenters. The molecule has 8 heteroatoms. The molecule has 0 aromatic carbocycles. The molecule has 0 aliphatic carbocycles. The minimum atomic E-state index is -0.777. The smallest absolute Gasteiger partial charge is 0.288 e. The average molecular weight is 250 g/mol. The van der Waals surface area contributed by atoms with Crippen molar-refractivity contribution in [2.24, 2.45) is 14.1 Å². The van der Waals surface area contributed by atoms with Gasteiger partial charge in [-0.3, -0.25) is 23.9 Å². The SMILES string of the molecule is Cn1c(=O)c2cc(C(=O)NO)cnc2n(C)c1=O. The van der Waals surface area contributed by atoms with Crippen LogP contribution in [0.4, 0.5) is 0 Å². The van der Waals surface area contributed by atoms with Crippen LogP contribution in [0.2, 0.25) is 0 Å². The van der Waals surface area contributed by atoms with Gasteiger partial charge in [0.15, 0.2) is 0 Å². The van der Waals surface area contributed by atoms with Gasteiger partial charge in [0.25, 0.3) is 11.5 Å². The summed E-state index contributed by atoms with van der Waals surface area (Å²) < 4.78 is 2.13. The molecule has 0 bridgehead atoms. The van der Waals surface area contributed by atoms with Crippen molar-refractivity contribution < 1.29 is 10.0 Å². The van der Waals surface area contributed by atoms with E-state index in [2.05, 4.69) is 4.98 Å². The summed E-state index contributed by atoms with van der Waals surface area (Å²) in [5.74, 6) is -0.777. The quantitative estimate of drug-likeness (QED) is 0.486. The van der Waals surface area contributed by atoms with Gasteiger partial charge < -0.3 is 0 Å². The van der Waals surface area contributed by atoms with Crippen molar-refractivity contribution in [1.82, 2.24) is 19.6 Å². The predicted molar refractivity (Wildman–Crippen MR) is 61.5 cm³/mol. The molecule has 0 unspecified atom stereocenters. The molecule has 0 spiro atoms. The molecule has 2 rings (SSSR count). The number of nitrogens with one attached hydrogen (secondary N) is 1. The highest BCUT2D eigenvalue weighted by molar-refractivity contribution is 5.95. The molecule has 2 heterocycles. The molecule has 0 fully saturated rings. The van der Waals surface area contributed by atoms with E-state index in [0.29, 0.717) is 0 Å². The van der Waals surface area contributed by atoms with Gasteiger partial charge in [-0.2, -0.15) is 0 Å². The van der Waals surface area contributed by atoms with Crippen molar-refractivity contribution in [3.8, 4) is 0 Å². The van der Waals surface area contributed by atoms with Crippen LogP contribution in [0.15, 0.2) is 21.9 Å². The van der Waals surface area contributed by atoms with Gasteiger partial charge in [-0.15, -0.1) is 0 Å². The number of nitrogens with zero attached hydrogens (tertiary/aromatic N) is 3. The number of carbonyl (C=O) groups excluding carboxylic acids is 1. The molecule has 2 aromatic heterocycles. The standard InChI is InChI=1S/C10H10N4O4/c1-13-7-6(9(16)14(2)10(13)17)3-5(4-11-7)8(15)12-18/h3-4,18H,1-2H3,(H,12,15). The molecule has 8 nitrogen and oxygen atoms in total. The van der Waals surface area contributed by atoms with Crippen LogP contribution in [0.5, 0.6) is 0 Å². The van der Waals surface area contributed by atoms with Gasteiger partial charge in [0.1, 0.15) is 5.65 Å². The largest absolute Gasteiger partial charge is 0.332 e. The Hall–Kier alpha value is -2.48. The normalized spacial score (nSPS) is 10.6. The van der Waals surface area contributed by atoms with E-state index in [1.54, 1.807) is 0 Å². The van der Waals surface area contributed by atoms with Gasteiger partial charge in [-0.25, -0.2) is 15.3 Å². The van der Waals surface area contributed by atoms with Crippen LogP contribution < -0.4 is 16.7 Å². The Morgan fingerprint density at radius 2 is 2.00 bits per heavy atom. The minimum absolute atomic E-state index is 0.0285. The molecule has 2 aromatic rings.